The Balaban J connectivity index is 1.94. The molecule has 1 aromatic carbocycles. The van der Waals surface area contributed by atoms with Gasteiger partial charge in [0.05, 0.1) is 0 Å². The third-order valence-electron chi connectivity index (χ3n) is 2.97. The number of aryl methyl sites for hydroxylation is 1. The second-order valence-corrected chi connectivity index (χ2v) is 5.23. The number of pyridine rings is 1. The molecule has 0 bridgehead atoms. The lowest BCUT2D eigenvalue weighted by Crippen LogP contribution is -2.25. The SMILES string of the molecule is C[n+]1ccc(/C=C/c2csc3ccccc23)cc1. The fourth-order valence-electron chi connectivity index (χ4n) is 1.94. The molecule has 0 amide bonds. The highest BCUT2D eigenvalue weighted by molar-refractivity contribution is 7.17. The van der Waals surface area contributed by atoms with Crippen molar-refractivity contribution in [1.29, 1.82) is 0 Å². The topological polar surface area (TPSA) is 3.88 Å². The summed E-state index contributed by atoms with van der Waals surface area (Å²) in [5.41, 5.74) is 2.52. The Morgan fingerprint density at radius 3 is 2.61 bits per heavy atom. The van der Waals surface area contributed by atoms with Gasteiger partial charge in [0.25, 0.3) is 0 Å². The molecule has 0 radical (unpaired) electrons. The zero-order valence-corrected chi connectivity index (χ0v) is 11.0. The van der Waals surface area contributed by atoms with Gasteiger partial charge in [-0.2, -0.15) is 0 Å². The molecule has 0 fully saturated rings. The minimum Gasteiger partial charge on any atom is -0.208 e. The summed E-state index contributed by atoms with van der Waals surface area (Å²) in [5, 5.41) is 3.55. The first-order valence-electron chi connectivity index (χ1n) is 5.92. The van der Waals surface area contributed by atoms with Crippen molar-refractivity contribution in [2.24, 2.45) is 7.05 Å². The van der Waals surface area contributed by atoms with Crippen LogP contribution < -0.4 is 4.57 Å². The van der Waals surface area contributed by atoms with E-state index in [0.717, 1.165) is 0 Å². The maximum Gasteiger partial charge on any atom is 0.169 e. The fourth-order valence-corrected chi connectivity index (χ4v) is 2.87. The Morgan fingerprint density at radius 2 is 1.78 bits per heavy atom. The van der Waals surface area contributed by atoms with E-state index in [4.69, 9.17) is 0 Å². The summed E-state index contributed by atoms with van der Waals surface area (Å²) < 4.78 is 3.38. The normalized spacial score (nSPS) is 11.4. The summed E-state index contributed by atoms with van der Waals surface area (Å²) in [4.78, 5) is 0. The van der Waals surface area contributed by atoms with Crippen molar-refractivity contribution in [3.8, 4) is 0 Å². The number of benzene rings is 1. The number of nitrogens with zero attached hydrogens (tertiary/aromatic N) is 1. The standard InChI is InChI=1S/C16H14NS/c1-17-10-8-13(9-11-17)6-7-14-12-18-16-5-3-2-4-15(14)16/h2-12H,1H3/q+1/b7-6+. The van der Waals surface area contributed by atoms with Gasteiger partial charge in [-0.3, -0.25) is 0 Å². The highest BCUT2D eigenvalue weighted by Gasteiger charge is 1.99. The number of fused-ring (bicyclic) bond motifs is 1. The van der Waals surface area contributed by atoms with E-state index in [0.29, 0.717) is 0 Å². The largest absolute Gasteiger partial charge is 0.208 e. The molecule has 2 heteroatoms. The molecule has 0 spiro atoms. The lowest BCUT2D eigenvalue weighted by atomic mass is 10.1. The molecule has 0 saturated heterocycles. The zero-order chi connectivity index (χ0) is 12.4. The molecule has 1 nitrogen and oxygen atoms in total. The molecule has 88 valence electrons. The van der Waals surface area contributed by atoms with E-state index in [9.17, 15) is 0 Å². The first-order chi connectivity index (χ1) is 8.83. The van der Waals surface area contributed by atoms with Gasteiger partial charge in [-0.05, 0) is 28.0 Å². The summed E-state index contributed by atoms with van der Waals surface area (Å²) >= 11 is 1.80. The fraction of sp³-hybridized carbons (Fsp3) is 0.0625. The van der Waals surface area contributed by atoms with Gasteiger partial charge in [-0.15, -0.1) is 11.3 Å². The minimum atomic E-state index is 1.23. The molecule has 0 saturated carbocycles. The first-order valence-corrected chi connectivity index (χ1v) is 6.80. The van der Waals surface area contributed by atoms with Crippen LogP contribution in [0.3, 0.4) is 0 Å². The molecule has 0 N–H and O–H groups in total. The highest BCUT2D eigenvalue weighted by atomic mass is 32.1. The quantitative estimate of drug-likeness (QED) is 0.609. The van der Waals surface area contributed by atoms with E-state index in [1.54, 1.807) is 11.3 Å². The van der Waals surface area contributed by atoms with Crippen molar-refractivity contribution in [3.63, 3.8) is 0 Å². The Kier molecular flexibility index (Phi) is 2.95. The predicted octanol–water partition coefficient (Wildman–Crippen LogP) is 3.90. The van der Waals surface area contributed by atoms with Crippen LogP contribution in [0.5, 0.6) is 0 Å². The smallest absolute Gasteiger partial charge is 0.169 e. The van der Waals surface area contributed by atoms with E-state index in [-0.39, 0.29) is 0 Å². The van der Waals surface area contributed by atoms with Crippen LogP contribution in [0.15, 0.2) is 54.2 Å². The van der Waals surface area contributed by atoms with Crippen molar-refractivity contribution in [2.45, 2.75) is 0 Å². The monoisotopic (exact) mass is 252 g/mol. The van der Waals surface area contributed by atoms with Gasteiger partial charge in [0.15, 0.2) is 12.4 Å². The summed E-state index contributed by atoms with van der Waals surface area (Å²) in [7, 11) is 2.03. The van der Waals surface area contributed by atoms with Crippen LogP contribution >= 0.6 is 11.3 Å². The van der Waals surface area contributed by atoms with Crippen LogP contribution in [0.2, 0.25) is 0 Å². The number of thiophene rings is 1. The van der Waals surface area contributed by atoms with Gasteiger partial charge in [0.2, 0.25) is 0 Å². The first kappa shape index (κ1) is 11.2. The third kappa shape index (κ3) is 2.20. The van der Waals surface area contributed by atoms with Crippen LogP contribution in [0, 0.1) is 0 Å². The molecule has 2 aromatic heterocycles. The van der Waals surface area contributed by atoms with Gasteiger partial charge in [-0.1, -0.05) is 30.4 Å². The molecule has 3 aromatic rings. The van der Waals surface area contributed by atoms with Crippen LogP contribution in [-0.4, -0.2) is 0 Å². The molecule has 2 heterocycles. The number of hydrogen-bond acceptors (Lipinski definition) is 1. The van der Waals surface area contributed by atoms with Gasteiger partial charge >= 0.3 is 0 Å². The van der Waals surface area contributed by atoms with E-state index in [1.165, 1.54) is 21.2 Å². The average Bonchev–Trinajstić information content (AvgIpc) is 2.82. The second kappa shape index (κ2) is 4.75. The molecular formula is C16H14NS+. The van der Waals surface area contributed by atoms with Crippen molar-refractivity contribution in [2.75, 3.05) is 0 Å². The Hall–Kier alpha value is -1.93. The van der Waals surface area contributed by atoms with E-state index < -0.39 is 0 Å². The Labute approximate surface area is 111 Å². The van der Waals surface area contributed by atoms with Crippen molar-refractivity contribution in [1.82, 2.24) is 0 Å². The highest BCUT2D eigenvalue weighted by Crippen LogP contribution is 2.26. The predicted molar refractivity (Wildman–Crippen MR) is 78.4 cm³/mol. The molecule has 0 aliphatic carbocycles. The van der Waals surface area contributed by atoms with Gasteiger partial charge in [0.1, 0.15) is 7.05 Å². The van der Waals surface area contributed by atoms with Crippen molar-refractivity contribution < 1.29 is 4.57 Å². The summed E-state index contributed by atoms with van der Waals surface area (Å²) in [6, 6.07) is 12.8. The lowest BCUT2D eigenvalue weighted by Gasteiger charge is -1.92. The number of rotatable bonds is 2. The molecule has 0 aliphatic rings. The molecule has 18 heavy (non-hydrogen) atoms. The minimum absolute atomic E-state index is 1.23. The van der Waals surface area contributed by atoms with Gasteiger partial charge < -0.3 is 0 Å². The van der Waals surface area contributed by atoms with E-state index in [1.807, 2.05) is 11.6 Å². The average molecular weight is 252 g/mol. The molecular weight excluding hydrogens is 238 g/mol. The van der Waals surface area contributed by atoms with E-state index in [2.05, 4.69) is 66.3 Å². The van der Waals surface area contributed by atoms with Crippen molar-refractivity contribution >= 4 is 33.6 Å². The maximum absolute atomic E-state index is 2.21. The second-order valence-electron chi connectivity index (χ2n) is 4.32. The van der Waals surface area contributed by atoms with Crippen LogP contribution in [-0.2, 0) is 7.05 Å². The summed E-state index contributed by atoms with van der Waals surface area (Å²) in [6.45, 7) is 0. The summed E-state index contributed by atoms with van der Waals surface area (Å²) in [6.07, 6.45) is 8.47. The van der Waals surface area contributed by atoms with E-state index >= 15 is 0 Å². The molecule has 0 atom stereocenters. The lowest BCUT2D eigenvalue weighted by molar-refractivity contribution is -0.671. The van der Waals surface area contributed by atoms with Gasteiger partial charge in [-0.25, -0.2) is 4.57 Å². The van der Waals surface area contributed by atoms with Crippen LogP contribution in [0.1, 0.15) is 11.1 Å². The van der Waals surface area contributed by atoms with Crippen LogP contribution in [0.4, 0.5) is 0 Å². The van der Waals surface area contributed by atoms with Gasteiger partial charge in [0, 0.05) is 16.8 Å². The maximum atomic E-state index is 2.21. The Morgan fingerprint density at radius 1 is 1.00 bits per heavy atom. The Bertz CT molecular complexity index is 692. The third-order valence-corrected chi connectivity index (χ3v) is 3.95. The van der Waals surface area contributed by atoms with Crippen molar-refractivity contribution in [3.05, 3.63) is 65.3 Å². The summed E-state index contributed by atoms with van der Waals surface area (Å²) in [5.74, 6) is 0. The van der Waals surface area contributed by atoms with Crippen LogP contribution in [0.25, 0.3) is 22.2 Å². The molecule has 0 unspecified atom stereocenters. The number of aromatic nitrogens is 1. The number of hydrogen-bond donors (Lipinski definition) is 0. The molecule has 0 aliphatic heterocycles. The molecule has 3 rings (SSSR count). The zero-order valence-electron chi connectivity index (χ0n) is 10.2.